The highest BCUT2D eigenvalue weighted by molar-refractivity contribution is 7.90. The maximum atomic E-state index is 12.6. The molecule has 0 aliphatic carbocycles. The molecule has 0 unspecified atom stereocenters. The van der Waals surface area contributed by atoms with Crippen molar-refractivity contribution in [3.05, 3.63) is 64.2 Å². The van der Waals surface area contributed by atoms with Crippen molar-refractivity contribution in [2.45, 2.75) is 29.9 Å². The van der Waals surface area contributed by atoms with Gasteiger partial charge in [0.1, 0.15) is 6.10 Å². The van der Waals surface area contributed by atoms with Crippen molar-refractivity contribution >= 4 is 21.6 Å². The number of carbonyl (C=O) groups excluding carboxylic acids is 1. The van der Waals surface area contributed by atoms with Gasteiger partial charge in [-0.25, -0.2) is 13.1 Å². The molecule has 0 spiro atoms. The van der Waals surface area contributed by atoms with Gasteiger partial charge >= 0.3 is 5.69 Å². The summed E-state index contributed by atoms with van der Waals surface area (Å²) >= 11 is 0. The van der Waals surface area contributed by atoms with Crippen LogP contribution in [0.15, 0.2) is 53.4 Å². The molecule has 32 heavy (non-hydrogen) atoms. The van der Waals surface area contributed by atoms with Crippen molar-refractivity contribution in [1.82, 2.24) is 9.62 Å². The fourth-order valence-corrected chi connectivity index (χ4v) is 4.70. The lowest BCUT2D eigenvalue weighted by molar-refractivity contribution is -0.386. The molecule has 2 aliphatic rings. The fourth-order valence-electron chi connectivity index (χ4n) is 3.71. The quantitative estimate of drug-likeness (QED) is 0.490. The molecular weight excluding hydrogens is 438 g/mol. The van der Waals surface area contributed by atoms with Crippen LogP contribution < -0.4 is 9.46 Å². The molecule has 2 fully saturated rings. The molecule has 2 aliphatic heterocycles. The number of ether oxygens (including phenoxy) is 2. The van der Waals surface area contributed by atoms with Crippen LogP contribution in [0, 0.1) is 10.1 Å². The molecule has 2 saturated heterocycles. The zero-order chi connectivity index (χ0) is 22.7. The van der Waals surface area contributed by atoms with Gasteiger partial charge in [-0.2, -0.15) is 0 Å². The van der Waals surface area contributed by atoms with E-state index in [2.05, 4.69) is 4.90 Å². The predicted octanol–water partition coefficient (Wildman–Crippen LogP) is 1.96. The molecule has 0 bridgehead atoms. The Balaban J connectivity index is 1.46. The van der Waals surface area contributed by atoms with Gasteiger partial charge in [0, 0.05) is 24.7 Å². The topological polar surface area (TPSA) is 128 Å². The summed E-state index contributed by atoms with van der Waals surface area (Å²) in [5.41, 5.74) is -0.305. The Morgan fingerprint density at radius 1 is 1.12 bits per heavy atom. The van der Waals surface area contributed by atoms with Crippen molar-refractivity contribution in [3.8, 4) is 5.75 Å². The highest BCUT2D eigenvalue weighted by Crippen LogP contribution is 2.32. The van der Waals surface area contributed by atoms with Crippen molar-refractivity contribution in [2.24, 2.45) is 0 Å². The highest BCUT2D eigenvalue weighted by atomic mass is 32.2. The second-order valence-electron chi connectivity index (χ2n) is 7.73. The van der Waals surface area contributed by atoms with Crippen LogP contribution in [0.5, 0.6) is 5.75 Å². The molecule has 0 aromatic heterocycles. The molecule has 0 radical (unpaired) electrons. The first-order valence-corrected chi connectivity index (χ1v) is 11.7. The molecule has 4 rings (SSSR count). The van der Waals surface area contributed by atoms with Crippen LogP contribution in [0.3, 0.4) is 0 Å². The number of hydrogen-bond donors (Lipinski definition) is 1. The third kappa shape index (κ3) is 4.90. The highest BCUT2D eigenvalue weighted by Gasteiger charge is 2.31. The van der Waals surface area contributed by atoms with Gasteiger partial charge in [0.15, 0.2) is 5.75 Å². The molecule has 1 amide bonds. The zero-order valence-corrected chi connectivity index (χ0v) is 18.0. The molecule has 2 aromatic rings. The van der Waals surface area contributed by atoms with Gasteiger partial charge in [-0.1, -0.05) is 18.2 Å². The van der Waals surface area contributed by atoms with Crippen LogP contribution in [0.4, 0.5) is 5.69 Å². The minimum Gasteiger partial charge on any atom is -0.483 e. The van der Waals surface area contributed by atoms with Gasteiger partial charge in [-0.15, -0.1) is 0 Å². The smallest absolute Gasteiger partial charge is 0.312 e. The van der Waals surface area contributed by atoms with E-state index in [1.807, 2.05) is 4.72 Å². The lowest BCUT2D eigenvalue weighted by atomic mass is 10.0. The van der Waals surface area contributed by atoms with E-state index in [1.54, 1.807) is 18.2 Å². The van der Waals surface area contributed by atoms with Crippen molar-refractivity contribution in [1.29, 1.82) is 0 Å². The van der Waals surface area contributed by atoms with Crippen molar-refractivity contribution in [2.75, 3.05) is 26.3 Å². The van der Waals surface area contributed by atoms with Gasteiger partial charge in [0.25, 0.3) is 15.9 Å². The van der Waals surface area contributed by atoms with Crippen LogP contribution in [0.2, 0.25) is 0 Å². The summed E-state index contributed by atoms with van der Waals surface area (Å²) in [6.45, 7) is 3.08. The van der Waals surface area contributed by atoms with E-state index in [4.69, 9.17) is 9.47 Å². The third-order valence-corrected chi connectivity index (χ3v) is 6.94. The Hall–Kier alpha value is -3.02. The minimum absolute atomic E-state index is 0.00811. The molecule has 170 valence electrons. The number of nitrogens with one attached hydrogen (secondary N) is 1. The number of carbonyl (C=O) groups is 1. The number of hydrogen-bond acceptors (Lipinski definition) is 8. The van der Waals surface area contributed by atoms with Crippen LogP contribution in [0.1, 0.15) is 23.2 Å². The second kappa shape index (κ2) is 9.23. The average molecular weight is 461 g/mol. The first-order valence-electron chi connectivity index (χ1n) is 10.2. The number of rotatable bonds is 7. The maximum absolute atomic E-state index is 12.6. The second-order valence-corrected chi connectivity index (χ2v) is 9.41. The Bertz CT molecular complexity index is 1100. The lowest BCUT2D eigenvalue weighted by Gasteiger charge is -2.41. The Morgan fingerprint density at radius 3 is 2.41 bits per heavy atom. The number of nitro benzene ring substituents is 1. The van der Waals surface area contributed by atoms with E-state index >= 15 is 0 Å². The van der Waals surface area contributed by atoms with Crippen molar-refractivity contribution < 1.29 is 27.6 Å². The first kappa shape index (κ1) is 22.2. The number of benzene rings is 2. The van der Waals surface area contributed by atoms with E-state index in [1.165, 1.54) is 24.3 Å². The van der Waals surface area contributed by atoms with E-state index in [0.29, 0.717) is 18.9 Å². The molecule has 1 N–H and O–H groups in total. The minimum atomic E-state index is -4.30. The lowest BCUT2D eigenvalue weighted by Crippen LogP contribution is -2.52. The average Bonchev–Trinajstić information content (AvgIpc) is 2.74. The number of amides is 1. The first-order chi connectivity index (χ1) is 15.3. The molecule has 2 heterocycles. The van der Waals surface area contributed by atoms with E-state index in [9.17, 15) is 23.3 Å². The monoisotopic (exact) mass is 461 g/mol. The van der Waals surface area contributed by atoms with Crippen LogP contribution >= 0.6 is 0 Å². The largest absolute Gasteiger partial charge is 0.483 e. The maximum Gasteiger partial charge on any atom is 0.312 e. The van der Waals surface area contributed by atoms with Gasteiger partial charge in [-0.3, -0.25) is 19.8 Å². The van der Waals surface area contributed by atoms with E-state index < -0.39 is 26.5 Å². The number of sulfonamides is 1. The molecular formula is C21H23N3O7S. The van der Waals surface area contributed by atoms with Gasteiger partial charge in [0.05, 0.1) is 29.1 Å². The summed E-state index contributed by atoms with van der Waals surface area (Å²) in [6.07, 6.45) is 1.22. The van der Waals surface area contributed by atoms with E-state index in [0.717, 1.165) is 32.4 Å². The summed E-state index contributed by atoms with van der Waals surface area (Å²) in [5, 5.41) is 11.6. The molecule has 0 saturated carbocycles. The van der Waals surface area contributed by atoms with Crippen LogP contribution in [-0.2, 0) is 14.8 Å². The van der Waals surface area contributed by atoms with Crippen molar-refractivity contribution in [3.63, 3.8) is 0 Å². The Labute approximate surface area is 185 Å². The van der Waals surface area contributed by atoms with Gasteiger partial charge in [0.2, 0.25) is 0 Å². The van der Waals surface area contributed by atoms with Gasteiger partial charge < -0.3 is 9.47 Å². The molecule has 11 heteroatoms. The normalized spacial score (nSPS) is 18.0. The molecule has 2 aromatic carbocycles. The summed E-state index contributed by atoms with van der Waals surface area (Å²) in [7, 11) is -4.30. The summed E-state index contributed by atoms with van der Waals surface area (Å²) in [5.74, 6) is -0.814. The standard InChI is InChI=1S/C21H23N3O7S/c25-21(15-4-2-1-3-5-15)22-32(28,29)18-6-7-20(19(12-18)24(26)27)31-17-8-10-23(11-9-17)16-13-30-14-16/h1-7,12,16-17H,8-11,13-14H2,(H,22,25). The summed E-state index contributed by atoms with van der Waals surface area (Å²) < 4.78 is 38.2. The predicted molar refractivity (Wildman–Crippen MR) is 114 cm³/mol. The zero-order valence-electron chi connectivity index (χ0n) is 17.2. The van der Waals surface area contributed by atoms with E-state index in [-0.39, 0.29) is 22.3 Å². The molecule has 0 atom stereocenters. The number of piperidine rings is 1. The fraction of sp³-hybridized carbons (Fsp3) is 0.381. The SMILES string of the molecule is O=C(NS(=O)(=O)c1ccc(OC2CCN(C3COC3)CC2)c([N+](=O)[O-])c1)c1ccccc1. The summed E-state index contributed by atoms with van der Waals surface area (Å²) in [6, 6.07) is 11.6. The molecule has 10 nitrogen and oxygen atoms in total. The number of nitrogens with zero attached hydrogens (tertiary/aromatic N) is 2. The van der Waals surface area contributed by atoms with Gasteiger partial charge in [-0.05, 0) is 37.1 Å². The summed E-state index contributed by atoms with van der Waals surface area (Å²) in [4.78, 5) is 25.1. The van der Waals surface area contributed by atoms with Crippen LogP contribution in [0.25, 0.3) is 0 Å². The Kier molecular flexibility index (Phi) is 6.40. The number of likely N-dealkylation sites (tertiary alicyclic amines) is 1. The number of nitro groups is 1. The Morgan fingerprint density at radius 2 is 1.81 bits per heavy atom. The third-order valence-electron chi connectivity index (χ3n) is 5.61. The van der Waals surface area contributed by atoms with Crippen LogP contribution in [-0.4, -0.2) is 62.6 Å².